The van der Waals surface area contributed by atoms with Crippen molar-refractivity contribution in [3.05, 3.63) is 12.4 Å². The van der Waals surface area contributed by atoms with Crippen LogP contribution in [0.4, 0.5) is 11.6 Å². The van der Waals surface area contributed by atoms with E-state index >= 15 is 0 Å². The number of carbonyl (C=O) groups excluding carboxylic acids is 1. The summed E-state index contributed by atoms with van der Waals surface area (Å²) in [5.41, 5.74) is 0. The van der Waals surface area contributed by atoms with Gasteiger partial charge in [-0.15, -0.1) is 0 Å². The first-order chi connectivity index (χ1) is 8.33. The Morgan fingerprint density at radius 1 is 1.35 bits per heavy atom. The first-order valence-corrected chi connectivity index (χ1v) is 5.25. The molecular formula is C10H12N6O. The molecule has 1 N–H and O–H groups in total. The SMILES string of the molecule is N#CNc1cc(N2CCN(C=O)CC2)ncn1. The van der Waals surface area contributed by atoms with E-state index in [4.69, 9.17) is 5.26 Å². The molecule has 2 rings (SSSR count). The molecule has 0 radical (unpaired) electrons. The zero-order chi connectivity index (χ0) is 12.1. The summed E-state index contributed by atoms with van der Waals surface area (Å²) in [7, 11) is 0. The maximum Gasteiger partial charge on any atom is 0.209 e. The van der Waals surface area contributed by atoms with Gasteiger partial charge < -0.3 is 9.80 Å². The predicted molar refractivity (Wildman–Crippen MR) is 61.1 cm³/mol. The average molecular weight is 232 g/mol. The van der Waals surface area contributed by atoms with E-state index in [9.17, 15) is 4.79 Å². The van der Waals surface area contributed by atoms with Crippen LogP contribution in [0, 0.1) is 11.5 Å². The second-order valence-electron chi connectivity index (χ2n) is 3.63. The minimum absolute atomic E-state index is 0.482. The highest BCUT2D eigenvalue weighted by Gasteiger charge is 2.16. The fourth-order valence-electron chi connectivity index (χ4n) is 1.70. The van der Waals surface area contributed by atoms with Crippen LogP contribution in [0.5, 0.6) is 0 Å². The molecule has 1 saturated heterocycles. The van der Waals surface area contributed by atoms with Gasteiger partial charge in [0.05, 0.1) is 0 Å². The third-order valence-electron chi connectivity index (χ3n) is 2.62. The van der Waals surface area contributed by atoms with E-state index in [1.165, 1.54) is 6.33 Å². The summed E-state index contributed by atoms with van der Waals surface area (Å²) < 4.78 is 0. The van der Waals surface area contributed by atoms with Crippen molar-refractivity contribution < 1.29 is 4.79 Å². The second-order valence-corrected chi connectivity index (χ2v) is 3.63. The van der Waals surface area contributed by atoms with Crippen LogP contribution >= 0.6 is 0 Å². The van der Waals surface area contributed by atoms with Crippen LogP contribution in [0.3, 0.4) is 0 Å². The number of piperazine rings is 1. The smallest absolute Gasteiger partial charge is 0.209 e. The van der Waals surface area contributed by atoms with Crippen molar-refractivity contribution in [3.63, 3.8) is 0 Å². The summed E-state index contributed by atoms with van der Waals surface area (Å²) in [6.07, 6.45) is 4.10. The first-order valence-electron chi connectivity index (χ1n) is 5.25. The molecule has 88 valence electrons. The van der Waals surface area contributed by atoms with Crippen LogP contribution in [0.1, 0.15) is 0 Å². The highest BCUT2D eigenvalue weighted by atomic mass is 16.1. The lowest BCUT2D eigenvalue weighted by Crippen LogP contribution is -2.46. The van der Waals surface area contributed by atoms with Crippen LogP contribution in [0.2, 0.25) is 0 Å². The molecular weight excluding hydrogens is 220 g/mol. The molecule has 1 aromatic heterocycles. The molecule has 1 amide bonds. The van der Waals surface area contributed by atoms with Crippen molar-refractivity contribution in [2.45, 2.75) is 0 Å². The van der Waals surface area contributed by atoms with Crippen LogP contribution in [0.15, 0.2) is 12.4 Å². The summed E-state index contributed by atoms with van der Waals surface area (Å²) in [5, 5.41) is 11.0. The Morgan fingerprint density at radius 3 is 2.76 bits per heavy atom. The standard InChI is InChI=1S/C10H12N6O/c11-6-12-9-5-10(14-7-13-9)16-3-1-15(8-17)2-4-16/h5,7-8H,1-4H2,(H,12,13,14). The molecule has 7 nitrogen and oxygen atoms in total. The van der Waals surface area contributed by atoms with Crippen molar-refractivity contribution >= 4 is 18.0 Å². The number of carbonyl (C=O) groups is 1. The molecule has 7 heteroatoms. The molecule has 0 aromatic carbocycles. The maximum absolute atomic E-state index is 10.6. The van der Waals surface area contributed by atoms with Gasteiger partial charge >= 0.3 is 0 Å². The monoisotopic (exact) mass is 232 g/mol. The number of aromatic nitrogens is 2. The molecule has 0 atom stereocenters. The van der Waals surface area contributed by atoms with Gasteiger partial charge in [-0.3, -0.25) is 10.1 Å². The summed E-state index contributed by atoms with van der Waals surface area (Å²) in [6.45, 7) is 2.85. The number of rotatable bonds is 3. The molecule has 0 spiro atoms. The summed E-state index contributed by atoms with van der Waals surface area (Å²) in [4.78, 5) is 22.4. The van der Waals surface area contributed by atoms with Crippen molar-refractivity contribution in [2.24, 2.45) is 0 Å². The number of anilines is 2. The van der Waals surface area contributed by atoms with E-state index in [2.05, 4.69) is 20.2 Å². The third-order valence-corrected chi connectivity index (χ3v) is 2.62. The Morgan fingerprint density at radius 2 is 2.12 bits per heavy atom. The number of nitriles is 1. The van der Waals surface area contributed by atoms with E-state index in [0.717, 1.165) is 25.3 Å². The van der Waals surface area contributed by atoms with Gasteiger partial charge in [-0.2, -0.15) is 5.26 Å². The normalized spacial score (nSPS) is 15.2. The predicted octanol–water partition coefficient (Wildman–Crippen LogP) is -0.352. The van der Waals surface area contributed by atoms with E-state index in [0.29, 0.717) is 18.9 Å². The average Bonchev–Trinajstić information content (AvgIpc) is 2.40. The third kappa shape index (κ3) is 2.60. The van der Waals surface area contributed by atoms with Gasteiger partial charge in [0.25, 0.3) is 0 Å². The van der Waals surface area contributed by atoms with E-state index in [1.54, 1.807) is 11.0 Å². The number of hydrogen-bond acceptors (Lipinski definition) is 6. The maximum atomic E-state index is 10.6. The minimum Gasteiger partial charge on any atom is -0.353 e. The summed E-state index contributed by atoms with van der Waals surface area (Å²) in [6, 6.07) is 1.72. The quantitative estimate of drug-likeness (QED) is 0.435. The van der Waals surface area contributed by atoms with Crippen LogP contribution in [-0.2, 0) is 4.79 Å². The summed E-state index contributed by atoms with van der Waals surface area (Å²) in [5.74, 6) is 1.25. The Bertz CT molecular complexity index is 435. The topological polar surface area (TPSA) is 85.2 Å². The lowest BCUT2D eigenvalue weighted by molar-refractivity contribution is -0.118. The molecule has 17 heavy (non-hydrogen) atoms. The van der Waals surface area contributed by atoms with Crippen molar-refractivity contribution in [3.8, 4) is 6.19 Å². The number of nitrogens with one attached hydrogen (secondary N) is 1. The van der Waals surface area contributed by atoms with E-state index in [-0.39, 0.29) is 0 Å². The highest BCUT2D eigenvalue weighted by Crippen LogP contribution is 2.15. The Hall–Kier alpha value is -2.36. The largest absolute Gasteiger partial charge is 0.353 e. The fourth-order valence-corrected chi connectivity index (χ4v) is 1.70. The molecule has 0 bridgehead atoms. The number of amides is 1. The highest BCUT2D eigenvalue weighted by molar-refractivity contribution is 5.52. The second kappa shape index (κ2) is 5.12. The lowest BCUT2D eigenvalue weighted by atomic mass is 10.3. The van der Waals surface area contributed by atoms with E-state index in [1.807, 2.05) is 6.19 Å². The van der Waals surface area contributed by atoms with Crippen LogP contribution < -0.4 is 10.2 Å². The van der Waals surface area contributed by atoms with Gasteiger partial charge in [-0.1, -0.05) is 0 Å². The molecule has 1 aliphatic heterocycles. The fraction of sp³-hybridized carbons (Fsp3) is 0.400. The Labute approximate surface area is 98.7 Å². The van der Waals surface area contributed by atoms with Gasteiger partial charge in [0.15, 0.2) is 6.19 Å². The molecule has 1 aliphatic rings. The van der Waals surface area contributed by atoms with Crippen molar-refractivity contribution in [1.29, 1.82) is 5.26 Å². The summed E-state index contributed by atoms with van der Waals surface area (Å²) >= 11 is 0. The molecule has 0 aliphatic carbocycles. The minimum atomic E-state index is 0.482. The Balaban J connectivity index is 2.05. The van der Waals surface area contributed by atoms with E-state index < -0.39 is 0 Å². The van der Waals surface area contributed by atoms with Gasteiger partial charge in [0.2, 0.25) is 6.41 Å². The number of hydrogen-bond donors (Lipinski definition) is 1. The van der Waals surface area contributed by atoms with Gasteiger partial charge in [-0.25, -0.2) is 9.97 Å². The molecule has 1 fully saturated rings. The molecule has 2 heterocycles. The zero-order valence-corrected chi connectivity index (χ0v) is 9.20. The molecule has 0 saturated carbocycles. The van der Waals surface area contributed by atoms with Gasteiger partial charge in [0.1, 0.15) is 18.0 Å². The van der Waals surface area contributed by atoms with Gasteiger partial charge in [-0.05, 0) is 0 Å². The molecule has 0 unspecified atom stereocenters. The Kier molecular flexibility index (Phi) is 3.35. The van der Waals surface area contributed by atoms with Crippen molar-refractivity contribution in [2.75, 3.05) is 36.4 Å². The van der Waals surface area contributed by atoms with Crippen LogP contribution in [-0.4, -0.2) is 47.5 Å². The first kappa shape index (κ1) is 11.1. The molecule has 1 aromatic rings. The lowest BCUT2D eigenvalue weighted by Gasteiger charge is -2.33. The van der Waals surface area contributed by atoms with Crippen LogP contribution in [0.25, 0.3) is 0 Å². The zero-order valence-electron chi connectivity index (χ0n) is 9.20. The van der Waals surface area contributed by atoms with Crippen molar-refractivity contribution in [1.82, 2.24) is 14.9 Å². The number of nitrogens with zero attached hydrogens (tertiary/aromatic N) is 5. The van der Waals surface area contributed by atoms with Gasteiger partial charge in [0, 0.05) is 32.2 Å².